The molecule has 3 amide bonds. The molecule has 3 aliphatic rings. The highest BCUT2D eigenvalue weighted by Gasteiger charge is 2.55. The van der Waals surface area contributed by atoms with Crippen LogP contribution in [0.15, 0.2) is 24.3 Å². The van der Waals surface area contributed by atoms with Crippen molar-refractivity contribution < 1.29 is 23.9 Å². The van der Waals surface area contributed by atoms with Gasteiger partial charge in [0.15, 0.2) is 0 Å². The molecule has 1 aromatic carbocycles. The van der Waals surface area contributed by atoms with Crippen LogP contribution in [0, 0.1) is 5.92 Å². The van der Waals surface area contributed by atoms with E-state index in [4.69, 9.17) is 9.47 Å². The second-order valence-electron chi connectivity index (χ2n) is 9.07. The molecular formula is C24H32N2O5. The van der Waals surface area contributed by atoms with Crippen LogP contribution >= 0.6 is 0 Å². The Morgan fingerprint density at radius 1 is 1.19 bits per heavy atom. The molecule has 3 atom stereocenters. The van der Waals surface area contributed by atoms with Gasteiger partial charge in [-0.3, -0.25) is 19.3 Å². The van der Waals surface area contributed by atoms with Crippen LogP contribution in [0.5, 0.6) is 5.75 Å². The lowest BCUT2D eigenvalue weighted by Gasteiger charge is -2.32. The summed E-state index contributed by atoms with van der Waals surface area (Å²) in [6.45, 7) is 1.53. The second-order valence-corrected chi connectivity index (χ2v) is 9.07. The first-order valence-electron chi connectivity index (χ1n) is 11.3. The summed E-state index contributed by atoms with van der Waals surface area (Å²) >= 11 is 0. The summed E-state index contributed by atoms with van der Waals surface area (Å²) in [6.07, 6.45) is 4.97. The van der Waals surface area contributed by atoms with Crippen LogP contribution in [-0.2, 0) is 24.5 Å². The van der Waals surface area contributed by atoms with Gasteiger partial charge in [-0.15, -0.1) is 0 Å². The first kappa shape index (κ1) is 21.8. The Morgan fingerprint density at radius 2 is 2.00 bits per heavy atom. The van der Waals surface area contributed by atoms with Crippen molar-refractivity contribution in [1.82, 2.24) is 9.80 Å². The molecule has 0 aromatic heterocycles. The molecule has 1 saturated carbocycles. The van der Waals surface area contributed by atoms with Crippen LogP contribution in [0.25, 0.3) is 0 Å². The van der Waals surface area contributed by atoms with E-state index in [1.165, 1.54) is 11.3 Å². The van der Waals surface area contributed by atoms with E-state index in [9.17, 15) is 14.4 Å². The standard InChI is InChI=1S/C24H32N2O5/c1-30-12-6-11-25-21(27)14-24(23(25)29,19-9-3-4-10-20(19)31-2)15-22(28)26-16-17-7-5-8-18(26)13-17/h3-4,9-10,17-18H,5-8,11-16H2,1-2H3/t17-,18-,24+/m1/s1. The Balaban J connectivity index is 1.66. The van der Waals surface area contributed by atoms with Gasteiger partial charge < -0.3 is 14.4 Å². The molecule has 31 heavy (non-hydrogen) atoms. The van der Waals surface area contributed by atoms with Crippen LogP contribution in [-0.4, -0.2) is 67.5 Å². The molecule has 7 nitrogen and oxygen atoms in total. The monoisotopic (exact) mass is 428 g/mol. The number of carbonyl (C=O) groups excluding carboxylic acids is 3. The van der Waals surface area contributed by atoms with Gasteiger partial charge in [0, 0.05) is 51.3 Å². The Bertz CT molecular complexity index is 856. The molecule has 0 spiro atoms. The van der Waals surface area contributed by atoms with Gasteiger partial charge in [0.2, 0.25) is 17.7 Å². The fraction of sp³-hybridized carbons (Fsp3) is 0.625. The van der Waals surface area contributed by atoms with Crippen LogP contribution in [0.3, 0.4) is 0 Å². The van der Waals surface area contributed by atoms with Crippen molar-refractivity contribution in [3.63, 3.8) is 0 Å². The minimum absolute atomic E-state index is 0.00193. The Hall–Kier alpha value is -2.41. The zero-order valence-corrected chi connectivity index (χ0v) is 18.5. The largest absolute Gasteiger partial charge is 0.496 e. The molecule has 2 saturated heterocycles. The molecule has 7 heteroatoms. The molecule has 1 aliphatic carbocycles. The van der Waals surface area contributed by atoms with E-state index < -0.39 is 5.41 Å². The quantitative estimate of drug-likeness (QED) is 0.470. The number of likely N-dealkylation sites (tertiary alicyclic amines) is 2. The number of para-hydroxylation sites is 1. The van der Waals surface area contributed by atoms with Gasteiger partial charge in [-0.25, -0.2) is 0 Å². The number of nitrogens with zero attached hydrogens (tertiary/aromatic N) is 2. The fourth-order valence-electron chi connectivity index (χ4n) is 5.68. The number of amides is 3. The van der Waals surface area contributed by atoms with Gasteiger partial charge in [-0.05, 0) is 37.7 Å². The van der Waals surface area contributed by atoms with Crippen molar-refractivity contribution in [2.45, 2.75) is 56.4 Å². The summed E-state index contributed by atoms with van der Waals surface area (Å²) in [4.78, 5) is 43.5. The second kappa shape index (κ2) is 8.99. The lowest BCUT2D eigenvalue weighted by Crippen LogP contribution is -2.45. The van der Waals surface area contributed by atoms with Gasteiger partial charge in [0.05, 0.1) is 12.5 Å². The minimum atomic E-state index is -1.22. The smallest absolute Gasteiger partial charge is 0.241 e. The fourth-order valence-corrected chi connectivity index (χ4v) is 5.68. The number of hydrogen-bond donors (Lipinski definition) is 0. The number of fused-ring (bicyclic) bond motifs is 2. The number of carbonyl (C=O) groups is 3. The van der Waals surface area contributed by atoms with Crippen LogP contribution in [0.4, 0.5) is 0 Å². The number of methoxy groups -OCH3 is 2. The van der Waals surface area contributed by atoms with Gasteiger partial charge >= 0.3 is 0 Å². The Morgan fingerprint density at radius 3 is 2.74 bits per heavy atom. The molecule has 0 N–H and O–H groups in total. The molecule has 168 valence electrons. The summed E-state index contributed by atoms with van der Waals surface area (Å²) in [5.41, 5.74) is -0.592. The van der Waals surface area contributed by atoms with E-state index in [2.05, 4.69) is 0 Å². The maximum Gasteiger partial charge on any atom is 0.241 e. The lowest BCUT2D eigenvalue weighted by molar-refractivity contribution is -0.143. The molecule has 0 unspecified atom stereocenters. The van der Waals surface area contributed by atoms with Gasteiger partial charge in [0.1, 0.15) is 5.75 Å². The molecule has 2 bridgehead atoms. The summed E-state index contributed by atoms with van der Waals surface area (Å²) < 4.78 is 10.6. The first-order valence-corrected chi connectivity index (χ1v) is 11.3. The summed E-state index contributed by atoms with van der Waals surface area (Å²) in [5.74, 6) is 0.542. The molecule has 0 radical (unpaired) electrons. The third-order valence-corrected chi connectivity index (χ3v) is 7.19. The van der Waals surface area contributed by atoms with Crippen molar-refractivity contribution in [2.75, 3.05) is 33.9 Å². The lowest BCUT2D eigenvalue weighted by atomic mass is 9.75. The topological polar surface area (TPSA) is 76.2 Å². The maximum absolute atomic E-state index is 13.7. The predicted molar refractivity (Wildman–Crippen MR) is 115 cm³/mol. The highest BCUT2D eigenvalue weighted by molar-refractivity contribution is 6.11. The van der Waals surface area contributed by atoms with E-state index in [1.807, 2.05) is 23.1 Å². The third kappa shape index (κ3) is 3.95. The maximum atomic E-state index is 13.7. The molecular weight excluding hydrogens is 396 g/mol. The summed E-state index contributed by atoms with van der Waals surface area (Å²) in [5, 5.41) is 0. The number of hydrogen-bond acceptors (Lipinski definition) is 5. The van der Waals surface area contributed by atoms with Gasteiger partial charge in [-0.1, -0.05) is 24.6 Å². The van der Waals surface area contributed by atoms with E-state index in [0.29, 0.717) is 36.8 Å². The zero-order valence-electron chi connectivity index (χ0n) is 18.5. The highest BCUT2D eigenvalue weighted by Crippen LogP contribution is 2.45. The third-order valence-electron chi connectivity index (χ3n) is 7.19. The normalized spacial score (nSPS) is 27.8. The molecule has 2 heterocycles. The summed E-state index contributed by atoms with van der Waals surface area (Å²) in [6, 6.07) is 7.54. The van der Waals surface area contributed by atoms with E-state index in [1.54, 1.807) is 20.3 Å². The van der Waals surface area contributed by atoms with Crippen molar-refractivity contribution in [1.29, 1.82) is 0 Å². The first-order chi connectivity index (χ1) is 15.0. The van der Waals surface area contributed by atoms with Crippen molar-refractivity contribution >= 4 is 17.7 Å². The molecule has 3 fully saturated rings. The van der Waals surface area contributed by atoms with Crippen molar-refractivity contribution in [3.8, 4) is 5.75 Å². The Labute approximate surface area is 183 Å². The van der Waals surface area contributed by atoms with E-state index >= 15 is 0 Å². The molecule has 1 aromatic rings. The number of benzene rings is 1. The molecule has 2 aliphatic heterocycles. The average Bonchev–Trinajstić information content (AvgIpc) is 3.20. The highest BCUT2D eigenvalue weighted by atomic mass is 16.5. The van der Waals surface area contributed by atoms with E-state index in [0.717, 1.165) is 25.8 Å². The minimum Gasteiger partial charge on any atom is -0.496 e. The van der Waals surface area contributed by atoms with Gasteiger partial charge in [-0.2, -0.15) is 0 Å². The number of imide groups is 1. The zero-order chi connectivity index (χ0) is 22.0. The number of ether oxygens (including phenoxy) is 2. The predicted octanol–water partition coefficient (Wildman–Crippen LogP) is 2.52. The Kier molecular flexibility index (Phi) is 6.32. The van der Waals surface area contributed by atoms with Crippen molar-refractivity contribution in [2.24, 2.45) is 5.92 Å². The van der Waals surface area contributed by atoms with E-state index in [-0.39, 0.29) is 36.6 Å². The summed E-state index contributed by atoms with van der Waals surface area (Å²) in [7, 11) is 3.15. The van der Waals surface area contributed by atoms with Crippen LogP contribution in [0.2, 0.25) is 0 Å². The molecule has 4 rings (SSSR count). The number of rotatable bonds is 8. The van der Waals surface area contributed by atoms with Crippen LogP contribution < -0.4 is 4.74 Å². The van der Waals surface area contributed by atoms with Crippen molar-refractivity contribution in [3.05, 3.63) is 29.8 Å². The average molecular weight is 429 g/mol. The van der Waals surface area contributed by atoms with Gasteiger partial charge in [0.25, 0.3) is 0 Å². The van der Waals surface area contributed by atoms with Crippen LogP contribution in [0.1, 0.15) is 50.5 Å². The SMILES string of the molecule is COCCCN1C(=O)C[C@](CC(=O)N2C[C@@H]3CCC[C@@H]2C3)(c2ccccc2OC)C1=O.